The van der Waals surface area contributed by atoms with Gasteiger partial charge in [0, 0.05) is 26.2 Å². The molecule has 22 heavy (non-hydrogen) atoms. The SMILES string of the molecule is COC(C)(C)CCOc1c(N)cc(C#N)n1CC1CCCO1. The van der Waals surface area contributed by atoms with Crippen molar-refractivity contribution in [3.63, 3.8) is 0 Å². The van der Waals surface area contributed by atoms with Crippen LogP contribution in [0.4, 0.5) is 5.69 Å². The summed E-state index contributed by atoms with van der Waals surface area (Å²) in [5, 5.41) is 9.28. The fraction of sp³-hybridized carbons (Fsp3) is 0.688. The van der Waals surface area contributed by atoms with E-state index in [1.807, 2.05) is 18.4 Å². The van der Waals surface area contributed by atoms with E-state index in [-0.39, 0.29) is 11.7 Å². The second-order valence-electron chi connectivity index (χ2n) is 6.21. The quantitative estimate of drug-likeness (QED) is 0.836. The highest BCUT2D eigenvalue weighted by molar-refractivity contribution is 5.55. The Morgan fingerprint density at radius 3 is 2.91 bits per heavy atom. The molecule has 0 aromatic carbocycles. The monoisotopic (exact) mass is 307 g/mol. The molecule has 2 N–H and O–H groups in total. The van der Waals surface area contributed by atoms with Gasteiger partial charge in [-0.25, -0.2) is 0 Å². The lowest BCUT2D eigenvalue weighted by Crippen LogP contribution is -2.26. The molecular weight excluding hydrogens is 282 g/mol. The highest BCUT2D eigenvalue weighted by atomic mass is 16.5. The first-order chi connectivity index (χ1) is 10.5. The van der Waals surface area contributed by atoms with Gasteiger partial charge in [0.2, 0.25) is 5.88 Å². The lowest BCUT2D eigenvalue weighted by atomic mass is 10.1. The maximum Gasteiger partial charge on any atom is 0.218 e. The molecule has 2 rings (SSSR count). The van der Waals surface area contributed by atoms with Crippen LogP contribution in [0, 0.1) is 11.3 Å². The molecule has 6 heteroatoms. The smallest absolute Gasteiger partial charge is 0.218 e. The third-order valence-corrected chi connectivity index (χ3v) is 4.10. The largest absolute Gasteiger partial charge is 0.477 e. The van der Waals surface area contributed by atoms with Crippen molar-refractivity contribution in [3.8, 4) is 11.9 Å². The predicted octanol–water partition coefficient (Wildman–Crippen LogP) is 2.31. The second kappa shape index (κ2) is 7.03. The predicted molar refractivity (Wildman–Crippen MR) is 83.7 cm³/mol. The van der Waals surface area contributed by atoms with Gasteiger partial charge in [-0.3, -0.25) is 4.57 Å². The Morgan fingerprint density at radius 1 is 1.55 bits per heavy atom. The zero-order valence-electron chi connectivity index (χ0n) is 13.6. The van der Waals surface area contributed by atoms with Gasteiger partial charge < -0.3 is 19.9 Å². The van der Waals surface area contributed by atoms with Crippen LogP contribution < -0.4 is 10.5 Å². The van der Waals surface area contributed by atoms with Crippen molar-refractivity contribution in [2.24, 2.45) is 0 Å². The zero-order chi connectivity index (χ0) is 16.2. The van der Waals surface area contributed by atoms with E-state index in [9.17, 15) is 5.26 Å². The van der Waals surface area contributed by atoms with Crippen LogP contribution in [-0.2, 0) is 16.0 Å². The highest BCUT2D eigenvalue weighted by Crippen LogP contribution is 2.29. The van der Waals surface area contributed by atoms with Crippen LogP contribution in [-0.4, -0.2) is 36.6 Å². The van der Waals surface area contributed by atoms with Crippen molar-refractivity contribution in [1.29, 1.82) is 5.26 Å². The Hall–Kier alpha value is -1.71. The molecular formula is C16H25N3O3. The third-order valence-electron chi connectivity index (χ3n) is 4.10. The number of nitrogens with zero attached hydrogens (tertiary/aromatic N) is 2. The Morgan fingerprint density at radius 2 is 2.32 bits per heavy atom. The molecule has 1 aliphatic heterocycles. The van der Waals surface area contributed by atoms with E-state index in [2.05, 4.69) is 6.07 Å². The van der Waals surface area contributed by atoms with E-state index in [0.717, 1.165) is 25.9 Å². The molecule has 1 aromatic heterocycles. The Kier molecular flexibility index (Phi) is 5.33. The summed E-state index contributed by atoms with van der Waals surface area (Å²) in [4.78, 5) is 0. The molecule has 0 amide bonds. The van der Waals surface area contributed by atoms with Crippen molar-refractivity contribution < 1.29 is 14.2 Å². The molecule has 0 spiro atoms. The fourth-order valence-electron chi connectivity index (χ4n) is 2.47. The topological polar surface area (TPSA) is 82.4 Å². The van der Waals surface area contributed by atoms with Gasteiger partial charge >= 0.3 is 0 Å². The molecule has 1 fully saturated rings. The van der Waals surface area contributed by atoms with E-state index in [0.29, 0.717) is 30.4 Å². The molecule has 122 valence electrons. The summed E-state index contributed by atoms with van der Waals surface area (Å²) in [7, 11) is 1.68. The summed E-state index contributed by atoms with van der Waals surface area (Å²) < 4.78 is 18.7. The Balaban J connectivity index is 2.08. The standard InChI is InChI=1S/C16H25N3O3/c1-16(2,20-3)6-8-22-15-14(18)9-12(10-17)19(15)11-13-5-4-7-21-13/h9,13H,4-8,11,18H2,1-3H3. The molecule has 0 bridgehead atoms. The first-order valence-corrected chi connectivity index (χ1v) is 7.65. The van der Waals surface area contributed by atoms with Crippen LogP contribution in [0.5, 0.6) is 5.88 Å². The number of nitrogens with two attached hydrogens (primary N) is 1. The normalized spacial score (nSPS) is 18.4. The fourth-order valence-corrected chi connectivity index (χ4v) is 2.47. The summed E-state index contributed by atoms with van der Waals surface area (Å²) in [5.74, 6) is 0.555. The number of methoxy groups -OCH3 is 1. The minimum absolute atomic E-state index is 0.122. The molecule has 1 saturated heterocycles. The maximum atomic E-state index is 9.28. The summed E-state index contributed by atoms with van der Waals surface area (Å²) in [6.45, 7) is 5.87. The maximum absolute atomic E-state index is 9.28. The summed E-state index contributed by atoms with van der Waals surface area (Å²) >= 11 is 0. The van der Waals surface area contributed by atoms with E-state index in [1.54, 1.807) is 13.2 Å². The molecule has 1 aliphatic rings. The number of nitriles is 1. The van der Waals surface area contributed by atoms with E-state index < -0.39 is 0 Å². The number of aromatic nitrogens is 1. The summed E-state index contributed by atoms with van der Waals surface area (Å²) in [6.07, 6.45) is 2.91. The van der Waals surface area contributed by atoms with Gasteiger partial charge in [0.1, 0.15) is 11.8 Å². The number of rotatable bonds is 7. The number of ether oxygens (including phenoxy) is 3. The van der Waals surface area contributed by atoms with Crippen molar-refractivity contribution in [2.45, 2.75) is 51.4 Å². The van der Waals surface area contributed by atoms with Crippen LogP contribution in [0.3, 0.4) is 0 Å². The van der Waals surface area contributed by atoms with Crippen LogP contribution in [0.2, 0.25) is 0 Å². The lowest BCUT2D eigenvalue weighted by molar-refractivity contribution is 0.00453. The second-order valence-corrected chi connectivity index (χ2v) is 6.21. The Bertz CT molecular complexity index is 540. The molecule has 0 radical (unpaired) electrons. The number of hydrogen-bond donors (Lipinski definition) is 1. The minimum Gasteiger partial charge on any atom is -0.477 e. The van der Waals surface area contributed by atoms with Crippen molar-refractivity contribution in [3.05, 3.63) is 11.8 Å². The van der Waals surface area contributed by atoms with Crippen LogP contribution in [0.25, 0.3) is 0 Å². The van der Waals surface area contributed by atoms with Gasteiger partial charge in [-0.05, 0) is 26.7 Å². The van der Waals surface area contributed by atoms with Gasteiger partial charge in [-0.15, -0.1) is 0 Å². The highest BCUT2D eigenvalue weighted by Gasteiger charge is 2.23. The molecule has 1 unspecified atom stereocenters. The van der Waals surface area contributed by atoms with Crippen molar-refractivity contribution in [1.82, 2.24) is 4.57 Å². The number of nitrogen functional groups attached to an aromatic ring is 1. The zero-order valence-corrected chi connectivity index (χ0v) is 13.6. The molecule has 2 heterocycles. The molecule has 6 nitrogen and oxygen atoms in total. The average Bonchev–Trinajstić information content (AvgIpc) is 3.09. The van der Waals surface area contributed by atoms with Crippen LogP contribution in [0.15, 0.2) is 6.07 Å². The van der Waals surface area contributed by atoms with Crippen LogP contribution in [0.1, 0.15) is 38.8 Å². The average molecular weight is 307 g/mol. The molecule has 0 saturated carbocycles. The van der Waals surface area contributed by atoms with Gasteiger partial charge in [-0.1, -0.05) is 0 Å². The Labute approximate surface area is 131 Å². The van der Waals surface area contributed by atoms with E-state index in [4.69, 9.17) is 19.9 Å². The molecule has 1 aromatic rings. The number of hydrogen-bond acceptors (Lipinski definition) is 5. The third kappa shape index (κ3) is 3.93. The molecule has 1 atom stereocenters. The molecule has 0 aliphatic carbocycles. The van der Waals surface area contributed by atoms with Crippen LogP contribution >= 0.6 is 0 Å². The van der Waals surface area contributed by atoms with E-state index >= 15 is 0 Å². The van der Waals surface area contributed by atoms with E-state index in [1.165, 1.54) is 0 Å². The summed E-state index contributed by atoms with van der Waals surface area (Å²) in [5.41, 5.74) is 6.75. The first-order valence-electron chi connectivity index (χ1n) is 7.65. The number of anilines is 1. The first kappa shape index (κ1) is 16.7. The van der Waals surface area contributed by atoms with Gasteiger partial charge in [0.25, 0.3) is 0 Å². The van der Waals surface area contributed by atoms with Gasteiger partial charge in [0.15, 0.2) is 0 Å². The van der Waals surface area contributed by atoms with Crippen molar-refractivity contribution in [2.75, 3.05) is 26.1 Å². The lowest BCUT2D eigenvalue weighted by Gasteiger charge is -2.23. The minimum atomic E-state index is -0.251. The van der Waals surface area contributed by atoms with Gasteiger partial charge in [0.05, 0.1) is 30.5 Å². The summed E-state index contributed by atoms with van der Waals surface area (Å²) in [6, 6.07) is 3.83. The van der Waals surface area contributed by atoms with Gasteiger partial charge in [-0.2, -0.15) is 5.26 Å². The van der Waals surface area contributed by atoms with Crippen molar-refractivity contribution >= 4 is 5.69 Å².